The normalized spacial score (nSPS) is 12.4. The van der Waals surface area contributed by atoms with Crippen molar-refractivity contribution in [1.82, 2.24) is 0 Å². The maximum absolute atomic E-state index is 12.8. The topological polar surface area (TPSA) is 26.0 Å². The lowest BCUT2D eigenvalue weighted by Crippen LogP contribution is -2.11. The summed E-state index contributed by atoms with van der Waals surface area (Å²) in [5, 5.41) is 1.03. The fourth-order valence-electron chi connectivity index (χ4n) is 1.88. The van der Waals surface area contributed by atoms with Gasteiger partial charge in [0.2, 0.25) is 0 Å². The van der Waals surface area contributed by atoms with Crippen LogP contribution >= 0.6 is 23.2 Å². The number of hydrogen-bond donors (Lipinski definition) is 1. The van der Waals surface area contributed by atoms with Crippen LogP contribution in [-0.2, 0) is 6.42 Å². The van der Waals surface area contributed by atoms with E-state index in [0.29, 0.717) is 10.0 Å². The van der Waals surface area contributed by atoms with Crippen molar-refractivity contribution in [2.75, 3.05) is 0 Å². The van der Waals surface area contributed by atoms with E-state index >= 15 is 0 Å². The molecule has 0 aromatic heterocycles. The molecule has 19 heavy (non-hydrogen) atoms. The van der Waals surface area contributed by atoms with E-state index in [2.05, 4.69) is 0 Å². The fourth-order valence-corrected chi connectivity index (χ4v) is 2.19. The molecular formula is C15H14Cl2FN. The number of aryl methyl sites for hydroxylation is 1. The van der Waals surface area contributed by atoms with Gasteiger partial charge in [-0.1, -0.05) is 41.4 Å². The van der Waals surface area contributed by atoms with Crippen LogP contribution in [0, 0.1) is 5.82 Å². The minimum absolute atomic E-state index is 0.111. The van der Waals surface area contributed by atoms with E-state index in [4.69, 9.17) is 28.9 Å². The van der Waals surface area contributed by atoms with Gasteiger partial charge in [0, 0.05) is 6.04 Å². The molecule has 1 unspecified atom stereocenters. The molecule has 4 heteroatoms. The van der Waals surface area contributed by atoms with Crippen LogP contribution in [0.25, 0.3) is 0 Å². The molecule has 0 bridgehead atoms. The Morgan fingerprint density at radius 1 is 1.00 bits per heavy atom. The summed E-state index contributed by atoms with van der Waals surface area (Å²) in [7, 11) is 0. The summed E-state index contributed by atoms with van der Waals surface area (Å²) >= 11 is 11.8. The molecule has 2 N–H and O–H groups in total. The highest BCUT2D eigenvalue weighted by atomic mass is 35.5. The Bertz CT molecular complexity index is 555. The van der Waals surface area contributed by atoms with Gasteiger partial charge in [0.25, 0.3) is 0 Å². The quantitative estimate of drug-likeness (QED) is 0.865. The van der Waals surface area contributed by atoms with E-state index in [1.54, 1.807) is 24.3 Å². The summed E-state index contributed by atoms with van der Waals surface area (Å²) in [5.41, 5.74) is 8.14. The van der Waals surface area contributed by atoms with Crippen molar-refractivity contribution >= 4 is 23.2 Å². The predicted molar refractivity (Wildman–Crippen MR) is 78.1 cm³/mol. The van der Waals surface area contributed by atoms with Crippen molar-refractivity contribution in [1.29, 1.82) is 0 Å². The van der Waals surface area contributed by atoms with Crippen LogP contribution in [0.4, 0.5) is 4.39 Å². The van der Waals surface area contributed by atoms with E-state index in [0.717, 1.165) is 24.0 Å². The first-order chi connectivity index (χ1) is 9.06. The van der Waals surface area contributed by atoms with Crippen molar-refractivity contribution in [3.05, 3.63) is 69.5 Å². The monoisotopic (exact) mass is 297 g/mol. The summed E-state index contributed by atoms with van der Waals surface area (Å²) in [6.45, 7) is 0. The second kappa shape index (κ2) is 6.38. The summed E-state index contributed by atoms with van der Waals surface area (Å²) < 4.78 is 12.8. The molecule has 0 fully saturated rings. The molecule has 0 heterocycles. The Morgan fingerprint density at radius 2 is 1.68 bits per heavy atom. The van der Waals surface area contributed by atoms with E-state index < -0.39 is 0 Å². The largest absolute Gasteiger partial charge is 0.324 e. The SMILES string of the molecule is NC(CCc1ccc(F)cc1)c1ccc(Cl)c(Cl)c1. The van der Waals surface area contributed by atoms with Crippen molar-refractivity contribution < 1.29 is 4.39 Å². The lowest BCUT2D eigenvalue weighted by atomic mass is 10.00. The van der Waals surface area contributed by atoms with Crippen molar-refractivity contribution in [2.45, 2.75) is 18.9 Å². The van der Waals surface area contributed by atoms with Gasteiger partial charge in [-0.05, 0) is 48.2 Å². The zero-order valence-corrected chi connectivity index (χ0v) is 11.8. The van der Waals surface area contributed by atoms with Gasteiger partial charge < -0.3 is 5.73 Å². The molecule has 1 atom stereocenters. The predicted octanol–water partition coefficient (Wildman–Crippen LogP) is 4.77. The first-order valence-corrected chi connectivity index (χ1v) is 6.77. The van der Waals surface area contributed by atoms with Crippen LogP contribution in [-0.4, -0.2) is 0 Å². The average molecular weight is 298 g/mol. The maximum Gasteiger partial charge on any atom is 0.123 e. The van der Waals surface area contributed by atoms with Crippen LogP contribution in [0.5, 0.6) is 0 Å². The molecule has 0 amide bonds. The molecule has 0 saturated heterocycles. The van der Waals surface area contributed by atoms with Gasteiger partial charge >= 0.3 is 0 Å². The Kier molecular flexibility index (Phi) is 4.81. The van der Waals surface area contributed by atoms with E-state index in [1.807, 2.05) is 6.07 Å². The highest BCUT2D eigenvalue weighted by Gasteiger charge is 2.08. The van der Waals surface area contributed by atoms with Crippen molar-refractivity contribution in [2.24, 2.45) is 5.73 Å². The molecule has 0 aliphatic heterocycles. The lowest BCUT2D eigenvalue weighted by Gasteiger charge is -2.13. The highest BCUT2D eigenvalue weighted by Crippen LogP contribution is 2.26. The van der Waals surface area contributed by atoms with Crippen molar-refractivity contribution in [3.8, 4) is 0 Å². The molecule has 0 saturated carbocycles. The van der Waals surface area contributed by atoms with E-state index in [1.165, 1.54) is 12.1 Å². The molecule has 0 spiro atoms. The average Bonchev–Trinajstić information content (AvgIpc) is 2.41. The van der Waals surface area contributed by atoms with Gasteiger partial charge in [-0.25, -0.2) is 4.39 Å². The van der Waals surface area contributed by atoms with Crippen LogP contribution in [0.2, 0.25) is 10.0 Å². The third-order valence-electron chi connectivity index (χ3n) is 3.03. The second-order valence-corrected chi connectivity index (χ2v) is 5.26. The number of hydrogen-bond acceptors (Lipinski definition) is 1. The Labute approximate surface area is 122 Å². The van der Waals surface area contributed by atoms with Gasteiger partial charge in [0.1, 0.15) is 5.82 Å². The minimum atomic E-state index is -0.225. The first kappa shape index (κ1) is 14.3. The molecule has 0 aliphatic carbocycles. The lowest BCUT2D eigenvalue weighted by molar-refractivity contribution is 0.623. The standard InChI is InChI=1S/C15H14Cl2FN/c16-13-7-4-11(9-14(13)17)15(19)8-3-10-1-5-12(18)6-2-10/h1-2,4-7,9,15H,3,8,19H2. The number of rotatable bonds is 4. The molecule has 2 rings (SSSR count). The Balaban J connectivity index is 1.98. The van der Waals surface area contributed by atoms with Crippen LogP contribution in [0.3, 0.4) is 0 Å². The van der Waals surface area contributed by atoms with E-state index in [9.17, 15) is 4.39 Å². The summed E-state index contributed by atoms with van der Waals surface area (Å²) in [5.74, 6) is -0.225. The highest BCUT2D eigenvalue weighted by molar-refractivity contribution is 6.42. The van der Waals surface area contributed by atoms with Gasteiger partial charge in [-0.15, -0.1) is 0 Å². The van der Waals surface area contributed by atoms with Crippen molar-refractivity contribution in [3.63, 3.8) is 0 Å². The maximum atomic E-state index is 12.8. The number of benzene rings is 2. The Morgan fingerprint density at radius 3 is 2.32 bits per heavy atom. The van der Waals surface area contributed by atoms with Gasteiger partial charge in [-0.2, -0.15) is 0 Å². The number of nitrogens with two attached hydrogens (primary N) is 1. The zero-order valence-electron chi connectivity index (χ0n) is 10.2. The summed E-state index contributed by atoms with van der Waals surface area (Å²) in [4.78, 5) is 0. The van der Waals surface area contributed by atoms with Crippen LogP contribution < -0.4 is 5.73 Å². The minimum Gasteiger partial charge on any atom is -0.324 e. The zero-order chi connectivity index (χ0) is 13.8. The smallest absolute Gasteiger partial charge is 0.123 e. The molecule has 1 nitrogen and oxygen atoms in total. The summed E-state index contributed by atoms with van der Waals surface area (Å²) in [6, 6.07) is 11.8. The van der Waals surface area contributed by atoms with Gasteiger partial charge in [0.05, 0.1) is 10.0 Å². The van der Waals surface area contributed by atoms with Gasteiger partial charge in [-0.3, -0.25) is 0 Å². The molecular weight excluding hydrogens is 284 g/mol. The first-order valence-electron chi connectivity index (χ1n) is 6.01. The molecule has 100 valence electrons. The van der Waals surface area contributed by atoms with Crippen LogP contribution in [0.1, 0.15) is 23.6 Å². The molecule has 0 aliphatic rings. The van der Waals surface area contributed by atoms with E-state index in [-0.39, 0.29) is 11.9 Å². The summed E-state index contributed by atoms with van der Waals surface area (Å²) in [6.07, 6.45) is 1.56. The third-order valence-corrected chi connectivity index (χ3v) is 3.77. The molecule has 0 radical (unpaired) electrons. The second-order valence-electron chi connectivity index (χ2n) is 4.45. The number of halogens is 3. The fraction of sp³-hybridized carbons (Fsp3) is 0.200. The van der Waals surface area contributed by atoms with Crippen LogP contribution in [0.15, 0.2) is 42.5 Å². The van der Waals surface area contributed by atoms with Gasteiger partial charge in [0.15, 0.2) is 0 Å². The molecule has 2 aromatic rings. The Hall–Kier alpha value is -1.09. The molecule has 2 aromatic carbocycles. The third kappa shape index (κ3) is 3.93.